The minimum Gasteiger partial charge on any atom is -0.396 e. The first-order chi connectivity index (χ1) is 9.21. The molecule has 0 unspecified atom stereocenters. The van der Waals surface area contributed by atoms with E-state index in [9.17, 15) is 0 Å². The third kappa shape index (κ3) is 2.42. The van der Waals surface area contributed by atoms with Gasteiger partial charge in [-0.05, 0) is 12.1 Å². The second-order valence-electron chi connectivity index (χ2n) is 4.24. The van der Waals surface area contributed by atoms with E-state index in [1.807, 2.05) is 25.3 Å². The number of anilines is 2. The number of allylic oxidation sites excluding steroid dienone is 2. The fourth-order valence-electron chi connectivity index (χ4n) is 2.10. The summed E-state index contributed by atoms with van der Waals surface area (Å²) in [5, 5.41) is 3.98. The van der Waals surface area contributed by atoms with Crippen LogP contribution in [0.3, 0.4) is 0 Å². The maximum atomic E-state index is 6.19. The molecule has 2 aromatic rings. The first-order valence-electron chi connectivity index (χ1n) is 6.18. The van der Waals surface area contributed by atoms with Gasteiger partial charge in [0.05, 0.1) is 22.6 Å². The number of nitrogens with zero attached hydrogens (tertiary/aromatic N) is 2. The number of hydrogen-bond acceptors (Lipinski definition) is 4. The van der Waals surface area contributed by atoms with Crippen LogP contribution in [-0.4, -0.2) is 17.0 Å². The maximum absolute atomic E-state index is 6.19. The summed E-state index contributed by atoms with van der Waals surface area (Å²) in [5.41, 5.74) is 9.53. The smallest absolute Gasteiger partial charge is 0.133 e. The summed E-state index contributed by atoms with van der Waals surface area (Å²) < 4.78 is 0. The normalized spacial score (nSPS) is 10.4. The van der Waals surface area contributed by atoms with Gasteiger partial charge in [-0.25, -0.2) is 9.97 Å². The van der Waals surface area contributed by atoms with Crippen LogP contribution in [0.5, 0.6) is 0 Å². The van der Waals surface area contributed by atoms with Crippen molar-refractivity contribution in [3.05, 3.63) is 49.0 Å². The van der Waals surface area contributed by atoms with Crippen molar-refractivity contribution in [3.63, 3.8) is 0 Å². The Bertz CT molecular complexity index is 632. The lowest BCUT2D eigenvalue weighted by Gasteiger charge is -2.12. The van der Waals surface area contributed by atoms with Gasteiger partial charge in [-0.2, -0.15) is 0 Å². The Balaban J connectivity index is 2.74. The molecule has 0 aliphatic rings. The van der Waals surface area contributed by atoms with E-state index in [0.717, 1.165) is 28.1 Å². The van der Waals surface area contributed by atoms with Crippen LogP contribution in [0.25, 0.3) is 10.9 Å². The summed E-state index contributed by atoms with van der Waals surface area (Å²) >= 11 is 0. The van der Waals surface area contributed by atoms with E-state index in [4.69, 9.17) is 5.73 Å². The monoisotopic (exact) mass is 254 g/mol. The van der Waals surface area contributed by atoms with Crippen LogP contribution in [-0.2, 0) is 12.8 Å². The molecule has 0 fully saturated rings. The Kier molecular flexibility index (Phi) is 3.80. The number of fused-ring (bicyclic) bond motifs is 1. The molecule has 0 amide bonds. The van der Waals surface area contributed by atoms with Gasteiger partial charge in [-0.3, -0.25) is 0 Å². The van der Waals surface area contributed by atoms with Crippen LogP contribution in [0.15, 0.2) is 37.4 Å². The van der Waals surface area contributed by atoms with Gasteiger partial charge in [-0.1, -0.05) is 12.2 Å². The Morgan fingerprint density at radius 2 is 1.95 bits per heavy atom. The number of hydrogen-bond donors (Lipinski definition) is 2. The molecule has 4 nitrogen and oxygen atoms in total. The molecular formula is C15H18N4. The second kappa shape index (κ2) is 5.52. The SMILES string of the molecule is C=CCc1nc(CC=C)c2c(N)c(NC)ccc2n1. The van der Waals surface area contributed by atoms with Crippen molar-refractivity contribution in [2.24, 2.45) is 0 Å². The molecule has 1 aromatic heterocycles. The molecule has 2 rings (SSSR count). The van der Waals surface area contributed by atoms with Gasteiger partial charge < -0.3 is 11.1 Å². The average molecular weight is 254 g/mol. The molecule has 0 atom stereocenters. The van der Waals surface area contributed by atoms with Gasteiger partial charge in [0.25, 0.3) is 0 Å². The van der Waals surface area contributed by atoms with Crippen molar-refractivity contribution in [3.8, 4) is 0 Å². The standard InChI is InChI=1S/C15H18N4/c1-4-6-10-14-11(19-13(18-10)7-5-2)8-9-12(17-3)15(14)16/h4-5,8-9,17H,1-2,6-7,16H2,3H3. The predicted molar refractivity (Wildman–Crippen MR) is 81.3 cm³/mol. The third-order valence-electron chi connectivity index (χ3n) is 2.96. The first kappa shape index (κ1) is 13.1. The van der Waals surface area contributed by atoms with Crippen LogP contribution in [0, 0.1) is 0 Å². The van der Waals surface area contributed by atoms with Crippen LogP contribution >= 0.6 is 0 Å². The van der Waals surface area contributed by atoms with Crippen molar-refractivity contribution >= 4 is 22.3 Å². The van der Waals surface area contributed by atoms with Crippen molar-refractivity contribution < 1.29 is 0 Å². The van der Waals surface area contributed by atoms with E-state index in [-0.39, 0.29) is 0 Å². The third-order valence-corrected chi connectivity index (χ3v) is 2.96. The topological polar surface area (TPSA) is 63.8 Å². The number of rotatable bonds is 5. The first-order valence-corrected chi connectivity index (χ1v) is 6.18. The lowest BCUT2D eigenvalue weighted by molar-refractivity contribution is 0.971. The highest BCUT2D eigenvalue weighted by atomic mass is 14.9. The zero-order valence-corrected chi connectivity index (χ0v) is 11.1. The van der Waals surface area contributed by atoms with Crippen LogP contribution in [0.4, 0.5) is 11.4 Å². The van der Waals surface area contributed by atoms with Gasteiger partial charge >= 0.3 is 0 Å². The van der Waals surface area contributed by atoms with Gasteiger partial charge in [0.15, 0.2) is 0 Å². The van der Waals surface area contributed by atoms with Gasteiger partial charge in [0, 0.05) is 25.3 Å². The van der Waals surface area contributed by atoms with Crippen molar-refractivity contribution in [2.45, 2.75) is 12.8 Å². The van der Waals surface area contributed by atoms with Gasteiger partial charge in [0.1, 0.15) is 5.82 Å². The van der Waals surface area contributed by atoms with Gasteiger partial charge in [0.2, 0.25) is 0 Å². The van der Waals surface area contributed by atoms with Crippen molar-refractivity contribution in [1.82, 2.24) is 9.97 Å². The lowest BCUT2D eigenvalue weighted by atomic mass is 10.1. The minimum absolute atomic E-state index is 0.647. The summed E-state index contributed by atoms with van der Waals surface area (Å²) in [7, 11) is 1.84. The van der Waals surface area contributed by atoms with Crippen LogP contribution in [0.2, 0.25) is 0 Å². The fourth-order valence-corrected chi connectivity index (χ4v) is 2.10. The number of nitrogens with one attached hydrogen (secondary N) is 1. The molecule has 4 heteroatoms. The molecular weight excluding hydrogens is 236 g/mol. The zero-order chi connectivity index (χ0) is 13.8. The Labute approximate surface area is 113 Å². The Hall–Kier alpha value is -2.36. The summed E-state index contributed by atoms with van der Waals surface area (Å²) in [6.45, 7) is 7.50. The van der Waals surface area contributed by atoms with E-state index in [1.165, 1.54) is 0 Å². The summed E-state index contributed by atoms with van der Waals surface area (Å²) in [4.78, 5) is 9.07. The molecule has 0 saturated heterocycles. The second-order valence-corrected chi connectivity index (χ2v) is 4.24. The van der Waals surface area contributed by atoms with E-state index < -0.39 is 0 Å². The molecule has 19 heavy (non-hydrogen) atoms. The molecule has 0 aliphatic heterocycles. The molecule has 0 saturated carbocycles. The number of nitrogen functional groups attached to an aromatic ring is 1. The Morgan fingerprint density at radius 1 is 1.21 bits per heavy atom. The molecule has 0 radical (unpaired) electrons. The molecule has 3 N–H and O–H groups in total. The molecule has 98 valence electrons. The zero-order valence-electron chi connectivity index (χ0n) is 11.1. The minimum atomic E-state index is 0.647. The Morgan fingerprint density at radius 3 is 2.58 bits per heavy atom. The van der Waals surface area contributed by atoms with Gasteiger partial charge in [-0.15, -0.1) is 13.2 Å². The molecule has 1 aromatic carbocycles. The molecule has 0 bridgehead atoms. The molecule has 1 heterocycles. The van der Waals surface area contributed by atoms with Crippen molar-refractivity contribution in [1.29, 1.82) is 0 Å². The number of aromatic nitrogens is 2. The van der Waals surface area contributed by atoms with Crippen LogP contribution in [0.1, 0.15) is 11.5 Å². The summed E-state index contributed by atoms with van der Waals surface area (Å²) in [6.07, 6.45) is 4.93. The lowest BCUT2D eigenvalue weighted by Crippen LogP contribution is -2.04. The largest absolute Gasteiger partial charge is 0.396 e. The van der Waals surface area contributed by atoms with Crippen LogP contribution < -0.4 is 11.1 Å². The highest BCUT2D eigenvalue weighted by molar-refractivity contribution is 5.98. The summed E-state index contributed by atoms with van der Waals surface area (Å²) in [6, 6.07) is 3.89. The van der Waals surface area contributed by atoms with Crippen molar-refractivity contribution in [2.75, 3.05) is 18.1 Å². The quantitative estimate of drug-likeness (QED) is 0.636. The maximum Gasteiger partial charge on any atom is 0.133 e. The summed E-state index contributed by atoms with van der Waals surface area (Å²) in [5.74, 6) is 0.760. The number of nitrogens with two attached hydrogens (primary N) is 1. The van der Waals surface area contributed by atoms with E-state index in [1.54, 1.807) is 6.08 Å². The number of benzene rings is 1. The average Bonchev–Trinajstić information content (AvgIpc) is 2.39. The molecule has 0 spiro atoms. The highest BCUT2D eigenvalue weighted by Crippen LogP contribution is 2.30. The molecule has 0 aliphatic carbocycles. The fraction of sp³-hybridized carbons (Fsp3) is 0.200. The van der Waals surface area contributed by atoms with E-state index in [0.29, 0.717) is 18.5 Å². The highest BCUT2D eigenvalue weighted by Gasteiger charge is 2.11. The van der Waals surface area contributed by atoms with E-state index in [2.05, 4.69) is 28.4 Å². The predicted octanol–water partition coefficient (Wildman–Crippen LogP) is 2.71. The van der Waals surface area contributed by atoms with E-state index >= 15 is 0 Å².